The molecular formula is C28H41N5O3. The number of amides is 1. The Hall–Kier alpha value is -2.29. The van der Waals surface area contributed by atoms with Gasteiger partial charge in [0.2, 0.25) is 0 Å². The van der Waals surface area contributed by atoms with Crippen LogP contribution < -0.4 is 10.6 Å². The standard InChI is InChI=1S/C28H41N5O3/c1-19-26(28(34)33-11-8-23(9-12-33)32-24-10-13-36-17-25(24)35-2)30-18-31-27(19)29-16-20-14-22(15-20)21-6-4-3-5-7-21/h3-6,18,20-25,32H,7-17H2,1-2H3,(H,29,30,31)/t20-,21?,22-,24-,25+/m0/s1. The van der Waals surface area contributed by atoms with E-state index in [1.54, 1.807) is 7.11 Å². The van der Waals surface area contributed by atoms with E-state index >= 15 is 0 Å². The predicted molar refractivity (Wildman–Crippen MR) is 140 cm³/mol. The van der Waals surface area contributed by atoms with Crippen LogP contribution in [0.25, 0.3) is 0 Å². The molecule has 1 aromatic heterocycles. The Bertz CT molecular complexity index is 953. The molecule has 0 bridgehead atoms. The molecule has 8 nitrogen and oxygen atoms in total. The number of allylic oxidation sites excluding steroid dienone is 4. The number of aromatic nitrogens is 2. The minimum absolute atomic E-state index is 0.0121. The Morgan fingerprint density at radius 3 is 2.78 bits per heavy atom. The number of carbonyl (C=O) groups excluding carboxylic acids is 1. The van der Waals surface area contributed by atoms with Crippen molar-refractivity contribution in [1.29, 1.82) is 0 Å². The molecule has 8 heteroatoms. The molecule has 0 radical (unpaired) electrons. The van der Waals surface area contributed by atoms with Gasteiger partial charge in [-0.05, 0) is 63.2 Å². The molecule has 1 unspecified atom stereocenters. The van der Waals surface area contributed by atoms with E-state index in [0.29, 0.717) is 36.2 Å². The molecule has 3 heterocycles. The second-order valence-electron chi connectivity index (χ2n) is 10.9. The summed E-state index contributed by atoms with van der Waals surface area (Å²) in [4.78, 5) is 24.1. The second-order valence-corrected chi connectivity index (χ2v) is 10.9. The quantitative estimate of drug-likeness (QED) is 0.572. The summed E-state index contributed by atoms with van der Waals surface area (Å²) >= 11 is 0. The van der Waals surface area contributed by atoms with Crippen molar-refractivity contribution in [3.8, 4) is 0 Å². The third-order valence-corrected chi connectivity index (χ3v) is 8.58. The molecule has 1 amide bonds. The maximum absolute atomic E-state index is 13.3. The van der Waals surface area contributed by atoms with Crippen LogP contribution in [0.15, 0.2) is 30.6 Å². The molecule has 4 aliphatic rings. The predicted octanol–water partition coefficient (Wildman–Crippen LogP) is 3.35. The average Bonchev–Trinajstić information content (AvgIpc) is 2.89. The summed E-state index contributed by atoms with van der Waals surface area (Å²) in [5, 5.41) is 7.27. The number of likely N-dealkylation sites (tertiary alicyclic amines) is 1. The lowest BCUT2D eigenvalue weighted by molar-refractivity contribution is -0.0533. The van der Waals surface area contributed by atoms with Gasteiger partial charge in [0.25, 0.3) is 5.91 Å². The van der Waals surface area contributed by atoms with Crippen LogP contribution >= 0.6 is 0 Å². The van der Waals surface area contributed by atoms with Crippen LogP contribution in [0.2, 0.25) is 0 Å². The molecule has 2 aliphatic carbocycles. The lowest BCUT2D eigenvalue weighted by Crippen LogP contribution is -2.54. The van der Waals surface area contributed by atoms with E-state index in [0.717, 1.165) is 62.8 Å². The normalized spacial score (nSPS) is 30.7. The van der Waals surface area contributed by atoms with E-state index in [4.69, 9.17) is 9.47 Å². The molecule has 5 rings (SSSR count). The average molecular weight is 496 g/mol. The van der Waals surface area contributed by atoms with Gasteiger partial charge in [0.1, 0.15) is 17.8 Å². The monoisotopic (exact) mass is 495 g/mol. The second kappa shape index (κ2) is 11.8. The highest BCUT2D eigenvalue weighted by Gasteiger charge is 2.34. The Kier molecular flexibility index (Phi) is 8.34. The van der Waals surface area contributed by atoms with Crippen molar-refractivity contribution in [3.05, 3.63) is 41.9 Å². The summed E-state index contributed by atoms with van der Waals surface area (Å²) < 4.78 is 11.1. The molecule has 1 aromatic rings. The van der Waals surface area contributed by atoms with E-state index in [2.05, 4.69) is 44.9 Å². The maximum Gasteiger partial charge on any atom is 0.272 e. The first-order valence-corrected chi connectivity index (χ1v) is 13.7. The van der Waals surface area contributed by atoms with Crippen molar-refractivity contribution in [2.75, 3.05) is 45.3 Å². The number of anilines is 1. The molecule has 3 atom stereocenters. The molecule has 3 fully saturated rings. The van der Waals surface area contributed by atoms with E-state index in [1.807, 2.05) is 11.8 Å². The van der Waals surface area contributed by atoms with E-state index in [-0.39, 0.29) is 12.0 Å². The number of ether oxygens (including phenoxy) is 2. The fraction of sp³-hybridized carbons (Fsp3) is 0.679. The van der Waals surface area contributed by atoms with Crippen LogP contribution in [0.3, 0.4) is 0 Å². The topological polar surface area (TPSA) is 88.6 Å². The van der Waals surface area contributed by atoms with Crippen LogP contribution in [0.1, 0.15) is 54.6 Å². The largest absolute Gasteiger partial charge is 0.379 e. The minimum atomic E-state index is 0.0121. The van der Waals surface area contributed by atoms with Gasteiger partial charge in [-0.2, -0.15) is 0 Å². The van der Waals surface area contributed by atoms with Crippen LogP contribution in [0.4, 0.5) is 5.82 Å². The van der Waals surface area contributed by atoms with Gasteiger partial charge in [-0.1, -0.05) is 24.3 Å². The van der Waals surface area contributed by atoms with E-state index in [9.17, 15) is 4.79 Å². The summed E-state index contributed by atoms with van der Waals surface area (Å²) in [5.41, 5.74) is 1.37. The van der Waals surface area contributed by atoms with Crippen molar-refractivity contribution in [1.82, 2.24) is 20.2 Å². The first-order valence-electron chi connectivity index (χ1n) is 13.7. The Labute approximate surface area is 214 Å². The molecule has 36 heavy (non-hydrogen) atoms. The summed E-state index contributed by atoms with van der Waals surface area (Å²) in [7, 11) is 1.75. The van der Waals surface area contributed by atoms with Crippen LogP contribution in [-0.4, -0.2) is 78.9 Å². The number of methoxy groups -OCH3 is 1. The summed E-state index contributed by atoms with van der Waals surface area (Å²) in [6.07, 6.45) is 17.1. The number of nitrogens with zero attached hydrogens (tertiary/aromatic N) is 3. The number of nitrogens with one attached hydrogen (secondary N) is 2. The molecule has 0 aromatic carbocycles. The molecule has 2 N–H and O–H groups in total. The van der Waals surface area contributed by atoms with E-state index < -0.39 is 0 Å². The fourth-order valence-electron chi connectivity index (χ4n) is 6.17. The number of rotatable bonds is 8. The first kappa shape index (κ1) is 25.4. The molecular weight excluding hydrogens is 454 g/mol. The Balaban J connectivity index is 1.09. The van der Waals surface area contributed by atoms with E-state index in [1.165, 1.54) is 25.6 Å². The summed E-state index contributed by atoms with van der Waals surface area (Å²) in [5.74, 6) is 2.97. The van der Waals surface area contributed by atoms with Crippen molar-refractivity contribution >= 4 is 11.7 Å². The summed E-state index contributed by atoms with van der Waals surface area (Å²) in [6, 6.07) is 0.709. The third-order valence-electron chi connectivity index (χ3n) is 8.58. The lowest BCUT2D eigenvalue weighted by atomic mass is 9.67. The highest BCUT2D eigenvalue weighted by molar-refractivity contribution is 5.94. The van der Waals surface area contributed by atoms with Crippen molar-refractivity contribution < 1.29 is 14.3 Å². The highest BCUT2D eigenvalue weighted by Crippen LogP contribution is 2.41. The number of piperidine rings is 1. The maximum atomic E-state index is 13.3. The zero-order valence-corrected chi connectivity index (χ0v) is 21.7. The van der Waals surface area contributed by atoms with Crippen LogP contribution in [-0.2, 0) is 9.47 Å². The van der Waals surface area contributed by atoms with Gasteiger partial charge in [-0.3, -0.25) is 4.79 Å². The smallest absolute Gasteiger partial charge is 0.272 e. The van der Waals surface area contributed by atoms with Crippen molar-refractivity contribution in [2.45, 2.75) is 63.6 Å². The Morgan fingerprint density at radius 2 is 2.03 bits per heavy atom. The van der Waals surface area contributed by atoms with Gasteiger partial charge in [0.15, 0.2) is 0 Å². The molecule has 2 saturated heterocycles. The van der Waals surface area contributed by atoms with Gasteiger partial charge in [-0.25, -0.2) is 9.97 Å². The number of carbonyl (C=O) groups is 1. The third kappa shape index (κ3) is 5.82. The highest BCUT2D eigenvalue weighted by atomic mass is 16.5. The number of hydrogen-bond acceptors (Lipinski definition) is 7. The fourth-order valence-corrected chi connectivity index (χ4v) is 6.17. The SMILES string of the molecule is CO[C@@H]1COCC[C@@H]1NC1CCN(C(=O)c2ncnc(NC[C@H]3C[C@H](C4C=CC=CC4)C3)c2C)CC1. The Morgan fingerprint density at radius 1 is 1.19 bits per heavy atom. The summed E-state index contributed by atoms with van der Waals surface area (Å²) in [6.45, 7) is 5.75. The molecule has 196 valence electrons. The minimum Gasteiger partial charge on any atom is -0.379 e. The van der Waals surface area contributed by atoms with Crippen LogP contribution in [0.5, 0.6) is 0 Å². The first-order chi connectivity index (χ1) is 17.6. The van der Waals surface area contributed by atoms with Gasteiger partial charge in [-0.15, -0.1) is 0 Å². The van der Waals surface area contributed by atoms with Crippen molar-refractivity contribution in [3.63, 3.8) is 0 Å². The molecule has 0 spiro atoms. The zero-order valence-electron chi connectivity index (χ0n) is 21.7. The van der Waals surface area contributed by atoms with Crippen LogP contribution in [0, 0.1) is 24.7 Å². The van der Waals surface area contributed by atoms with Gasteiger partial charge in [0, 0.05) is 51.0 Å². The van der Waals surface area contributed by atoms with Crippen molar-refractivity contribution in [2.24, 2.45) is 17.8 Å². The van der Waals surface area contributed by atoms with Gasteiger partial charge in [0.05, 0.1) is 12.7 Å². The van der Waals surface area contributed by atoms with Gasteiger partial charge < -0.3 is 25.0 Å². The number of hydrogen-bond donors (Lipinski definition) is 2. The molecule has 1 saturated carbocycles. The zero-order chi connectivity index (χ0) is 24.9. The van der Waals surface area contributed by atoms with Gasteiger partial charge >= 0.3 is 0 Å². The molecule has 2 aliphatic heterocycles. The lowest BCUT2D eigenvalue weighted by Gasteiger charge is -2.40.